The Labute approximate surface area is 104 Å². The van der Waals surface area contributed by atoms with Gasteiger partial charge in [-0.25, -0.2) is 0 Å². The standard InChI is InChI=1S/C9H8Br2N2O2/c10-8(11)7(14)3-5-4-13-2-1-6(5)9(12)15/h1-2,4,8H,3H2,(H2,12,15). The van der Waals surface area contributed by atoms with E-state index in [1.165, 1.54) is 18.5 Å². The van der Waals surface area contributed by atoms with E-state index in [1.54, 1.807) is 0 Å². The van der Waals surface area contributed by atoms with Crippen molar-refractivity contribution in [1.29, 1.82) is 0 Å². The fourth-order valence-electron chi connectivity index (χ4n) is 1.07. The van der Waals surface area contributed by atoms with E-state index in [-0.39, 0.29) is 12.2 Å². The first-order valence-corrected chi connectivity index (χ1v) is 5.89. The van der Waals surface area contributed by atoms with E-state index < -0.39 is 9.64 Å². The molecule has 1 aromatic rings. The van der Waals surface area contributed by atoms with E-state index in [1.807, 2.05) is 0 Å². The number of ketones is 1. The minimum absolute atomic E-state index is 0.0921. The molecule has 0 aromatic carbocycles. The predicted octanol–water partition coefficient (Wildman–Crippen LogP) is 1.41. The monoisotopic (exact) mass is 334 g/mol. The van der Waals surface area contributed by atoms with Crippen molar-refractivity contribution in [3.63, 3.8) is 0 Å². The number of nitrogens with zero attached hydrogens (tertiary/aromatic N) is 1. The molecule has 0 aliphatic rings. The fraction of sp³-hybridized carbons (Fsp3) is 0.222. The third-order valence-electron chi connectivity index (χ3n) is 1.78. The van der Waals surface area contributed by atoms with Crippen molar-refractivity contribution in [1.82, 2.24) is 4.98 Å². The zero-order valence-corrected chi connectivity index (χ0v) is 10.8. The first-order valence-electron chi connectivity index (χ1n) is 4.06. The van der Waals surface area contributed by atoms with Gasteiger partial charge in [0.2, 0.25) is 5.91 Å². The second-order valence-corrected chi connectivity index (χ2v) is 5.90. The normalized spacial score (nSPS) is 10.3. The minimum atomic E-state index is -0.555. The van der Waals surface area contributed by atoms with Crippen LogP contribution in [0.3, 0.4) is 0 Å². The first-order chi connectivity index (χ1) is 7.02. The lowest BCUT2D eigenvalue weighted by Gasteiger charge is -2.05. The largest absolute Gasteiger partial charge is 0.366 e. The number of primary amides is 1. The highest BCUT2D eigenvalue weighted by atomic mass is 79.9. The van der Waals surface area contributed by atoms with Crippen molar-refractivity contribution in [3.05, 3.63) is 29.6 Å². The Morgan fingerprint density at radius 2 is 2.13 bits per heavy atom. The lowest BCUT2D eigenvalue weighted by Crippen LogP contribution is -2.17. The molecule has 1 aromatic heterocycles. The summed E-state index contributed by atoms with van der Waals surface area (Å²) in [6.45, 7) is 0. The van der Waals surface area contributed by atoms with Crippen molar-refractivity contribution in [3.8, 4) is 0 Å². The van der Waals surface area contributed by atoms with E-state index in [0.717, 1.165) is 0 Å². The average molecular weight is 336 g/mol. The van der Waals surface area contributed by atoms with Crippen molar-refractivity contribution >= 4 is 43.6 Å². The van der Waals surface area contributed by atoms with Crippen LogP contribution in [0.1, 0.15) is 15.9 Å². The summed E-state index contributed by atoms with van der Waals surface area (Å²) in [5, 5.41) is 0. The molecule has 0 fully saturated rings. The number of rotatable bonds is 4. The Morgan fingerprint density at radius 3 is 2.67 bits per heavy atom. The summed E-state index contributed by atoms with van der Waals surface area (Å²) < 4.78 is -0.425. The number of amides is 1. The van der Waals surface area contributed by atoms with Gasteiger partial charge < -0.3 is 5.73 Å². The Hall–Kier alpha value is -0.750. The Morgan fingerprint density at radius 1 is 1.47 bits per heavy atom. The highest BCUT2D eigenvalue weighted by molar-refractivity contribution is 9.25. The summed E-state index contributed by atoms with van der Waals surface area (Å²) in [5.41, 5.74) is 6.04. The smallest absolute Gasteiger partial charge is 0.249 e. The molecule has 0 bridgehead atoms. The molecule has 1 amide bonds. The number of pyridine rings is 1. The lowest BCUT2D eigenvalue weighted by atomic mass is 10.1. The fourth-order valence-corrected chi connectivity index (χ4v) is 1.40. The van der Waals surface area contributed by atoms with Gasteiger partial charge in [-0.3, -0.25) is 14.6 Å². The van der Waals surface area contributed by atoms with Crippen LogP contribution < -0.4 is 5.73 Å². The second-order valence-electron chi connectivity index (χ2n) is 2.84. The molecule has 0 radical (unpaired) electrons. The van der Waals surface area contributed by atoms with E-state index in [9.17, 15) is 9.59 Å². The number of aromatic nitrogens is 1. The average Bonchev–Trinajstić information content (AvgIpc) is 2.18. The summed E-state index contributed by atoms with van der Waals surface area (Å²) in [6, 6.07) is 1.50. The van der Waals surface area contributed by atoms with Gasteiger partial charge in [0, 0.05) is 24.4 Å². The van der Waals surface area contributed by atoms with Crippen LogP contribution in [0.15, 0.2) is 18.5 Å². The van der Waals surface area contributed by atoms with Gasteiger partial charge in [0.1, 0.15) is 3.74 Å². The van der Waals surface area contributed by atoms with Crippen molar-refractivity contribution in [2.75, 3.05) is 0 Å². The molecule has 0 saturated carbocycles. The van der Waals surface area contributed by atoms with Crippen LogP contribution in [0.2, 0.25) is 0 Å². The number of Topliss-reactive ketones (excluding diaryl/α,β-unsaturated/α-hetero) is 1. The van der Waals surface area contributed by atoms with Gasteiger partial charge in [-0.15, -0.1) is 0 Å². The number of nitrogens with two attached hydrogens (primary N) is 1. The molecule has 0 atom stereocenters. The van der Waals surface area contributed by atoms with Crippen LogP contribution in [0.5, 0.6) is 0 Å². The maximum atomic E-state index is 11.4. The van der Waals surface area contributed by atoms with Crippen LogP contribution in [0.4, 0.5) is 0 Å². The molecule has 1 heterocycles. The van der Waals surface area contributed by atoms with E-state index in [0.29, 0.717) is 11.1 Å². The Balaban J connectivity index is 2.94. The summed E-state index contributed by atoms with van der Waals surface area (Å²) >= 11 is 6.18. The van der Waals surface area contributed by atoms with Crippen molar-refractivity contribution in [2.24, 2.45) is 5.73 Å². The zero-order chi connectivity index (χ0) is 11.4. The van der Waals surface area contributed by atoms with Gasteiger partial charge in [0.05, 0.1) is 0 Å². The van der Waals surface area contributed by atoms with Crippen LogP contribution in [0, 0.1) is 0 Å². The van der Waals surface area contributed by atoms with Crippen LogP contribution in [-0.4, -0.2) is 20.4 Å². The van der Waals surface area contributed by atoms with Crippen LogP contribution in [-0.2, 0) is 11.2 Å². The number of alkyl halides is 2. The quantitative estimate of drug-likeness (QED) is 0.845. The molecule has 15 heavy (non-hydrogen) atoms. The van der Waals surface area contributed by atoms with Crippen molar-refractivity contribution in [2.45, 2.75) is 10.2 Å². The predicted molar refractivity (Wildman–Crippen MR) is 63.1 cm³/mol. The Bertz CT molecular complexity index is 393. The lowest BCUT2D eigenvalue weighted by molar-refractivity contribution is -0.116. The molecule has 6 heteroatoms. The number of halogens is 2. The third-order valence-corrected chi connectivity index (χ3v) is 2.80. The molecular formula is C9H8Br2N2O2. The molecule has 0 unspecified atom stereocenters. The highest BCUT2D eigenvalue weighted by Gasteiger charge is 2.15. The zero-order valence-electron chi connectivity index (χ0n) is 7.61. The summed E-state index contributed by atoms with van der Waals surface area (Å²) in [7, 11) is 0. The summed E-state index contributed by atoms with van der Waals surface area (Å²) in [4.78, 5) is 26.3. The molecule has 4 nitrogen and oxygen atoms in total. The second kappa shape index (κ2) is 5.37. The van der Waals surface area contributed by atoms with Gasteiger partial charge in [-0.05, 0) is 11.6 Å². The Kier molecular flexibility index (Phi) is 4.41. The molecule has 0 aliphatic carbocycles. The van der Waals surface area contributed by atoms with Crippen LogP contribution >= 0.6 is 31.9 Å². The van der Waals surface area contributed by atoms with Gasteiger partial charge in [0.25, 0.3) is 0 Å². The molecule has 1 rings (SSSR count). The SMILES string of the molecule is NC(=O)c1ccncc1CC(=O)C(Br)Br. The van der Waals surface area contributed by atoms with E-state index in [2.05, 4.69) is 36.8 Å². The first kappa shape index (κ1) is 12.3. The van der Waals surface area contributed by atoms with E-state index in [4.69, 9.17) is 5.73 Å². The number of hydrogen-bond donors (Lipinski definition) is 1. The van der Waals surface area contributed by atoms with Gasteiger partial charge in [0.15, 0.2) is 5.78 Å². The maximum absolute atomic E-state index is 11.4. The number of carbonyl (C=O) groups excluding carboxylic acids is 2. The van der Waals surface area contributed by atoms with Gasteiger partial charge in [-0.2, -0.15) is 0 Å². The molecule has 80 valence electrons. The topological polar surface area (TPSA) is 73.1 Å². The maximum Gasteiger partial charge on any atom is 0.249 e. The molecule has 2 N–H and O–H groups in total. The van der Waals surface area contributed by atoms with Crippen molar-refractivity contribution < 1.29 is 9.59 Å². The summed E-state index contributed by atoms with van der Waals surface area (Å²) in [6.07, 6.45) is 3.06. The number of carbonyl (C=O) groups is 2. The van der Waals surface area contributed by atoms with Crippen LogP contribution in [0.25, 0.3) is 0 Å². The molecule has 0 saturated heterocycles. The van der Waals surface area contributed by atoms with Gasteiger partial charge >= 0.3 is 0 Å². The molecule has 0 aliphatic heterocycles. The number of hydrogen-bond acceptors (Lipinski definition) is 3. The third kappa shape index (κ3) is 3.39. The summed E-state index contributed by atoms with van der Waals surface area (Å²) in [5.74, 6) is -0.647. The molecule has 0 spiro atoms. The minimum Gasteiger partial charge on any atom is -0.366 e. The van der Waals surface area contributed by atoms with E-state index >= 15 is 0 Å². The highest BCUT2D eigenvalue weighted by Crippen LogP contribution is 2.14. The molecular weight excluding hydrogens is 328 g/mol. The van der Waals surface area contributed by atoms with Gasteiger partial charge in [-0.1, -0.05) is 31.9 Å².